The van der Waals surface area contributed by atoms with E-state index in [1.54, 1.807) is 16.8 Å². The molecule has 2 heterocycles. The zero-order valence-electron chi connectivity index (χ0n) is 20.4. The SMILES string of the molecule is CC1NN=C(NC(=O)C(C)(C)C(Cc2ccccc2)c2ccc3c(cnn3-c3ccc(F)cc3)c2)S1. The summed E-state index contributed by atoms with van der Waals surface area (Å²) in [6.07, 6.45) is 2.51. The highest BCUT2D eigenvalue weighted by atomic mass is 32.2. The lowest BCUT2D eigenvalue weighted by Gasteiger charge is -2.34. The van der Waals surface area contributed by atoms with Gasteiger partial charge in [-0.25, -0.2) is 9.07 Å². The lowest BCUT2D eigenvalue weighted by atomic mass is 9.71. The fourth-order valence-corrected chi connectivity index (χ4v) is 5.24. The minimum atomic E-state index is -0.731. The van der Waals surface area contributed by atoms with E-state index in [1.165, 1.54) is 23.9 Å². The molecule has 8 heteroatoms. The molecule has 1 aliphatic heterocycles. The van der Waals surface area contributed by atoms with Crippen LogP contribution in [0.25, 0.3) is 16.6 Å². The van der Waals surface area contributed by atoms with Crippen LogP contribution < -0.4 is 10.7 Å². The number of nitrogens with one attached hydrogen (secondary N) is 2. The van der Waals surface area contributed by atoms with Crippen LogP contribution >= 0.6 is 11.8 Å². The van der Waals surface area contributed by atoms with E-state index in [9.17, 15) is 9.18 Å². The summed E-state index contributed by atoms with van der Waals surface area (Å²) in [6, 6.07) is 22.7. The molecule has 5 rings (SSSR count). The number of amidine groups is 1. The monoisotopic (exact) mass is 501 g/mol. The molecule has 0 fully saturated rings. The van der Waals surface area contributed by atoms with Gasteiger partial charge in [0, 0.05) is 11.3 Å². The van der Waals surface area contributed by atoms with Gasteiger partial charge in [0.05, 0.1) is 28.2 Å². The fraction of sp³-hybridized carbons (Fsp3) is 0.250. The third-order valence-corrected chi connectivity index (χ3v) is 7.54. The van der Waals surface area contributed by atoms with Crippen LogP contribution in [0.4, 0.5) is 4.39 Å². The van der Waals surface area contributed by atoms with Gasteiger partial charge in [-0.1, -0.05) is 62.0 Å². The van der Waals surface area contributed by atoms with Gasteiger partial charge < -0.3 is 5.32 Å². The van der Waals surface area contributed by atoms with Crippen molar-refractivity contribution < 1.29 is 9.18 Å². The van der Waals surface area contributed by atoms with Gasteiger partial charge in [-0.05, 0) is 60.9 Å². The number of nitrogens with zero attached hydrogens (tertiary/aromatic N) is 3. The molecule has 0 radical (unpaired) electrons. The molecule has 0 saturated heterocycles. The second-order valence-corrected chi connectivity index (χ2v) is 10.9. The van der Waals surface area contributed by atoms with E-state index >= 15 is 0 Å². The first-order chi connectivity index (χ1) is 17.3. The number of aromatic nitrogens is 2. The highest BCUT2D eigenvalue weighted by Crippen LogP contribution is 2.40. The number of hydrazone groups is 1. The summed E-state index contributed by atoms with van der Waals surface area (Å²) < 4.78 is 15.2. The van der Waals surface area contributed by atoms with Crippen LogP contribution in [-0.2, 0) is 11.2 Å². The number of halogens is 1. The smallest absolute Gasteiger partial charge is 0.232 e. The highest BCUT2D eigenvalue weighted by Gasteiger charge is 2.39. The van der Waals surface area contributed by atoms with Gasteiger partial charge in [0.2, 0.25) is 5.91 Å². The van der Waals surface area contributed by atoms with E-state index in [-0.39, 0.29) is 23.0 Å². The van der Waals surface area contributed by atoms with Gasteiger partial charge in [0.25, 0.3) is 0 Å². The standard InChI is InChI=1S/C28H28FN5OS/c1-18-32-33-27(36-18)31-26(35)28(2,3)24(15-19-7-5-4-6-8-19)20-9-14-25-21(16-20)17-30-34(25)23-12-10-22(29)11-13-23/h4-14,16-18,24,32H,15H2,1-3H3,(H,31,33,35). The minimum Gasteiger partial charge on any atom is -0.303 e. The van der Waals surface area contributed by atoms with Crippen LogP contribution in [-0.4, -0.2) is 26.2 Å². The number of benzene rings is 3. The van der Waals surface area contributed by atoms with Crippen molar-refractivity contribution in [1.82, 2.24) is 20.5 Å². The summed E-state index contributed by atoms with van der Waals surface area (Å²) in [6.45, 7) is 5.97. The quantitative estimate of drug-likeness (QED) is 0.362. The van der Waals surface area contributed by atoms with Gasteiger partial charge >= 0.3 is 0 Å². The summed E-state index contributed by atoms with van der Waals surface area (Å²) in [7, 11) is 0. The molecular weight excluding hydrogens is 473 g/mol. The number of carbonyl (C=O) groups is 1. The predicted molar refractivity (Wildman–Crippen MR) is 143 cm³/mol. The molecule has 2 atom stereocenters. The Morgan fingerprint density at radius 2 is 1.89 bits per heavy atom. The lowest BCUT2D eigenvalue weighted by Crippen LogP contribution is -2.43. The molecular formula is C28H28FN5OS. The number of rotatable bonds is 6. The molecule has 3 aromatic carbocycles. The van der Waals surface area contributed by atoms with Crippen molar-refractivity contribution >= 4 is 33.7 Å². The molecule has 36 heavy (non-hydrogen) atoms. The summed E-state index contributed by atoms with van der Waals surface area (Å²) in [5.41, 5.74) is 6.16. The lowest BCUT2D eigenvalue weighted by molar-refractivity contribution is -0.128. The molecule has 2 unspecified atom stereocenters. The van der Waals surface area contributed by atoms with Crippen LogP contribution in [0.1, 0.15) is 37.8 Å². The number of hydrogen-bond donors (Lipinski definition) is 2. The maximum Gasteiger partial charge on any atom is 0.232 e. The number of carbonyl (C=O) groups excluding carboxylic acids is 1. The molecule has 1 aromatic heterocycles. The van der Waals surface area contributed by atoms with Crippen molar-refractivity contribution in [2.24, 2.45) is 10.5 Å². The van der Waals surface area contributed by atoms with Gasteiger partial charge in [0.1, 0.15) is 5.82 Å². The maximum atomic E-state index is 13.5. The van der Waals surface area contributed by atoms with E-state index < -0.39 is 5.41 Å². The zero-order valence-corrected chi connectivity index (χ0v) is 21.2. The van der Waals surface area contributed by atoms with Crippen molar-refractivity contribution in [3.8, 4) is 5.69 Å². The van der Waals surface area contributed by atoms with Gasteiger partial charge in [-0.3, -0.25) is 10.2 Å². The zero-order chi connectivity index (χ0) is 25.3. The fourth-order valence-electron chi connectivity index (χ4n) is 4.54. The second-order valence-electron chi connectivity index (χ2n) is 9.58. The van der Waals surface area contributed by atoms with E-state index in [1.807, 2.05) is 51.2 Å². The van der Waals surface area contributed by atoms with Gasteiger partial charge in [-0.15, -0.1) is 0 Å². The Labute approximate surface area is 214 Å². The molecule has 4 aromatic rings. The Balaban J connectivity index is 1.50. The Bertz CT molecular complexity index is 1420. The van der Waals surface area contributed by atoms with E-state index in [0.717, 1.165) is 27.7 Å². The van der Waals surface area contributed by atoms with Gasteiger partial charge in [0.15, 0.2) is 5.17 Å². The van der Waals surface area contributed by atoms with E-state index in [2.05, 4.69) is 45.2 Å². The van der Waals surface area contributed by atoms with Crippen molar-refractivity contribution in [2.45, 2.75) is 38.5 Å². The number of thioether (sulfide) groups is 1. The first kappa shape index (κ1) is 24.1. The topological polar surface area (TPSA) is 71.3 Å². The third kappa shape index (κ3) is 4.86. The van der Waals surface area contributed by atoms with Crippen molar-refractivity contribution in [2.75, 3.05) is 0 Å². The number of amides is 1. The first-order valence-corrected chi connectivity index (χ1v) is 12.8. The molecule has 0 spiro atoms. The average molecular weight is 502 g/mol. The second kappa shape index (κ2) is 9.78. The predicted octanol–water partition coefficient (Wildman–Crippen LogP) is 5.59. The summed E-state index contributed by atoms with van der Waals surface area (Å²) in [5.74, 6) is -0.461. The van der Waals surface area contributed by atoms with E-state index in [0.29, 0.717) is 11.6 Å². The van der Waals surface area contributed by atoms with Crippen LogP contribution in [0, 0.1) is 11.2 Å². The largest absolute Gasteiger partial charge is 0.303 e. The molecule has 0 saturated carbocycles. The van der Waals surface area contributed by atoms with Crippen LogP contribution in [0.2, 0.25) is 0 Å². The molecule has 184 valence electrons. The van der Waals surface area contributed by atoms with E-state index in [4.69, 9.17) is 0 Å². The Morgan fingerprint density at radius 3 is 2.58 bits per heavy atom. The highest BCUT2D eigenvalue weighted by molar-refractivity contribution is 8.14. The summed E-state index contributed by atoms with van der Waals surface area (Å²) in [4.78, 5) is 13.5. The summed E-state index contributed by atoms with van der Waals surface area (Å²) >= 11 is 1.50. The van der Waals surface area contributed by atoms with Crippen molar-refractivity contribution in [1.29, 1.82) is 0 Å². The first-order valence-electron chi connectivity index (χ1n) is 11.9. The van der Waals surface area contributed by atoms with Crippen LogP contribution in [0.3, 0.4) is 0 Å². The van der Waals surface area contributed by atoms with Gasteiger partial charge in [-0.2, -0.15) is 10.2 Å². The number of fused-ring (bicyclic) bond motifs is 1. The molecule has 0 aliphatic carbocycles. The molecule has 1 amide bonds. The average Bonchev–Trinajstić information content (AvgIpc) is 3.49. The molecule has 6 nitrogen and oxygen atoms in total. The molecule has 0 bridgehead atoms. The Kier molecular flexibility index (Phi) is 6.53. The third-order valence-electron chi connectivity index (χ3n) is 6.66. The molecule has 2 N–H and O–H groups in total. The Hall–Kier alpha value is -3.65. The van der Waals surface area contributed by atoms with Crippen molar-refractivity contribution in [3.05, 3.63) is 95.9 Å². The maximum absolute atomic E-state index is 13.5. The van der Waals surface area contributed by atoms with Crippen molar-refractivity contribution in [3.63, 3.8) is 0 Å². The van der Waals surface area contributed by atoms with Crippen LogP contribution in [0.15, 0.2) is 84.1 Å². The summed E-state index contributed by atoms with van der Waals surface area (Å²) in [5, 5.41) is 13.5. The van der Waals surface area contributed by atoms with Crippen LogP contribution in [0.5, 0.6) is 0 Å². The number of hydrogen-bond acceptors (Lipinski definition) is 5. The minimum absolute atomic E-state index is 0.0762. The molecule has 1 aliphatic rings. The normalized spacial score (nSPS) is 16.4. The Morgan fingerprint density at radius 1 is 1.14 bits per heavy atom.